The number of hydrogen-bond donors (Lipinski definition) is 2. The van der Waals surface area contributed by atoms with Gasteiger partial charge in [0.1, 0.15) is 0 Å². The SMILES string of the molecule is O=c1ccc(S(=O)(=O)NCCc2cccnc2)c[nH]1. The van der Waals surface area contributed by atoms with Gasteiger partial charge in [-0.15, -0.1) is 0 Å². The van der Waals surface area contributed by atoms with Crippen molar-refractivity contribution >= 4 is 10.0 Å². The fourth-order valence-electron chi connectivity index (χ4n) is 1.52. The Morgan fingerprint density at radius 2 is 2.11 bits per heavy atom. The number of rotatable bonds is 5. The zero-order valence-electron chi connectivity index (χ0n) is 10.0. The average Bonchev–Trinajstić information content (AvgIpc) is 2.40. The molecule has 2 aromatic rings. The Balaban J connectivity index is 1.98. The highest BCUT2D eigenvalue weighted by atomic mass is 32.2. The Hall–Kier alpha value is -1.99. The summed E-state index contributed by atoms with van der Waals surface area (Å²) in [6.45, 7) is 0.271. The van der Waals surface area contributed by atoms with Crippen LogP contribution in [0.4, 0.5) is 0 Å². The van der Waals surface area contributed by atoms with Gasteiger partial charge in [-0.2, -0.15) is 0 Å². The lowest BCUT2D eigenvalue weighted by Gasteiger charge is -2.06. The summed E-state index contributed by atoms with van der Waals surface area (Å²) in [6.07, 6.45) is 5.08. The second-order valence-corrected chi connectivity index (χ2v) is 5.66. The zero-order valence-corrected chi connectivity index (χ0v) is 10.9. The van der Waals surface area contributed by atoms with Crippen molar-refractivity contribution in [1.82, 2.24) is 14.7 Å². The molecular weight excluding hydrogens is 266 g/mol. The molecule has 0 aliphatic rings. The van der Waals surface area contributed by atoms with Crippen LogP contribution in [0.25, 0.3) is 0 Å². The molecule has 0 amide bonds. The minimum absolute atomic E-state index is 0.0401. The summed E-state index contributed by atoms with van der Waals surface area (Å²) in [5, 5.41) is 0. The Labute approximate surface area is 110 Å². The van der Waals surface area contributed by atoms with Crippen LogP contribution in [0.15, 0.2) is 52.5 Å². The van der Waals surface area contributed by atoms with Crippen molar-refractivity contribution in [3.63, 3.8) is 0 Å². The highest BCUT2D eigenvalue weighted by molar-refractivity contribution is 7.89. The quantitative estimate of drug-likeness (QED) is 0.823. The first kappa shape index (κ1) is 13.4. The number of aromatic amines is 1. The van der Waals surface area contributed by atoms with E-state index in [4.69, 9.17) is 0 Å². The molecule has 7 heteroatoms. The van der Waals surface area contributed by atoms with Crippen molar-refractivity contribution in [3.05, 3.63) is 58.8 Å². The predicted molar refractivity (Wildman–Crippen MR) is 70.2 cm³/mol. The van der Waals surface area contributed by atoms with Crippen molar-refractivity contribution in [2.45, 2.75) is 11.3 Å². The molecule has 2 N–H and O–H groups in total. The van der Waals surface area contributed by atoms with Gasteiger partial charge in [-0.05, 0) is 24.1 Å². The third kappa shape index (κ3) is 3.73. The van der Waals surface area contributed by atoms with Crippen molar-refractivity contribution in [2.24, 2.45) is 0 Å². The van der Waals surface area contributed by atoms with Crippen LogP contribution in [0.1, 0.15) is 5.56 Å². The number of nitrogens with one attached hydrogen (secondary N) is 2. The lowest BCUT2D eigenvalue weighted by atomic mass is 10.2. The minimum Gasteiger partial charge on any atom is -0.328 e. The van der Waals surface area contributed by atoms with E-state index in [0.29, 0.717) is 6.42 Å². The van der Waals surface area contributed by atoms with Gasteiger partial charge in [0, 0.05) is 31.2 Å². The maximum absolute atomic E-state index is 11.9. The Kier molecular flexibility index (Phi) is 4.08. The third-order valence-electron chi connectivity index (χ3n) is 2.49. The smallest absolute Gasteiger partial charge is 0.247 e. The van der Waals surface area contributed by atoms with E-state index in [1.54, 1.807) is 18.5 Å². The topological polar surface area (TPSA) is 91.9 Å². The number of H-pyrrole nitrogens is 1. The summed E-state index contributed by atoms with van der Waals surface area (Å²) in [7, 11) is -3.59. The van der Waals surface area contributed by atoms with Crippen LogP contribution in [0.2, 0.25) is 0 Å². The van der Waals surface area contributed by atoms with Crippen molar-refractivity contribution < 1.29 is 8.42 Å². The summed E-state index contributed by atoms with van der Waals surface area (Å²) >= 11 is 0. The van der Waals surface area contributed by atoms with Crippen molar-refractivity contribution in [2.75, 3.05) is 6.54 Å². The summed E-state index contributed by atoms with van der Waals surface area (Å²) in [5.41, 5.74) is 0.612. The molecule has 0 unspecified atom stereocenters. The van der Waals surface area contributed by atoms with Crippen molar-refractivity contribution in [3.8, 4) is 0 Å². The van der Waals surface area contributed by atoms with E-state index < -0.39 is 10.0 Å². The second-order valence-electron chi connectivity index (χ2n) is 3.90. The fourth-order valence-corrected chi connectivity index (χ4v) is 2.52. The number of aromatic nitrogens is 2. The zero-order chi connectivity index (χ0) is 13.7. The first-order valence-electron chi connectivity index (χ1n) is 5.65. The Bertz CT molecular complexity index is 675. The van der Waals surface area contributed by atoms with Crippen molar-refractivity contribution in [1.29, 1.82) is 0 Å². The molecule has 0 saturated heterocycles. The van der Waals surface area contributed by atoms with Crippen LogP contribution in [0.5, 0.6) is 0 Å². The van der Waals surface area contributed by atoms with E-state index in [1.807, 2.05) is 6.07 Å². The molecule has 2 rings (SSSR count). The van der Waals surface area contributed by atoms with Gasteiger partial charge in [-0.1, -0.05) is 6.07 Å². The maximum Gasteiger partial charge on any atom is 0.247 e. The lowest BCUT2D eigenvalue weighted by molar-refractivity contribution is 0.581. The Morgan fingerprint density at radius 3 is 2.74 bits per heavy atom. The van der Waals surface area contributed by atoms with Crippen LogP contribution in [-0.4, -0.2) is 24.9 Å². The van der Waals surface area contributed by atoms with Crippen LogP contribution >= 0.6 is 0 Å². The van der Waals surface area contributed by atoms with E-state index >= 15 is 0 Å². The van der Waals surface area contributed by atoms with E-state index in [2.05, 4.69) is 14.7 Å². The van der Waals surface area contributed by atoms with Gasteiger partial charge < -0.3 is 4.98 Å². The highest BCUT2D eigenvalue weighted by Gasteiger charge is 2.12. The molecule has 0 aliphatic carbocycles. The molecule has 0 aliphatic heterocycles. The molecule has 0 aromatic carbocycles. The normalized spacial score (nSPS) is 11.4. The van der Waals surface area contributed by atoms with Crippen LogP contribution in [-0.2, 0) is 16.4 Å². The maximum atomic E-state index is 11.9. The van der Waals surface area contributed by atoms with Crippen LogP contribution < -0.4 is 10.3 Å². The summed E-state index contributed by atoms with van der Waals surface area (Å²) in [5.74, 6) is 0. The summed E-state index contributed by atoms with van der Waals surface area (Å²) in [6, 6.07) is 6.12. The minimum atomic E-state index is -3.59. The lowest BCUT2D eigenvalue weighted by Crippen LogP contribution is -2.26. The molecule has 0 bridgehead atoms. The number of hydrogen-bond acceptors (Lipinski definition) is 4. The molecule has 0 radical (unpaired) electrons. The molecule has 100 valence electrons. The number of pyridine rings is 2. The summed E-state index contributed by atoms with van der Waals surface area (Å²) in [4.78, 5) is 17.2. The van der Waals surface area contributed by atoms with Gasteiger partial charge in [0.15, 0.2) is 0 Å². The largest absolute Gasteiger partial charge is 0.328 e. The summed E-state index contributed by atoms with van der Waals surface area (Å²) < 4.78 is 26.2. The van der Waals surface area contributed by atoms with Gasteiger partial charge >= 0.3 is 0 Å². The van der Waals surface area contributed by atoms with Crippen LogP contribution in [0.3, 0.4) is 0 Å². The first-order valence-corrected chi connectivity index (χ1v) is 7.13. The van der Waals surface area contributed by atoms with Gasteiger partial charge in [0.05, 0.1) is 4.90 Å². The molecule has 0 saturated carbocycles. The fraction of sp³-hybridized carbons (Fsp3) is 0.167. The van der Waals surface area contributed by atoms with Crippen LogP contribution in [0, 0.1) is 0 Å². The Morgan fingerprint density at radius 1 is 1.26 bits per heavy atom. The van der Waals surface area contributed by atoms with Gasteiger partial charge in [-0.25, -0.2) is 13.1 Å². The highest BCUT2D eigenvalue weighted by Crippen LogP contribution is 2.04. The van der Waals surface area contributed by atoms with E-state index in [9.17, 15) is 13.2 Å². The average molecular weight is 279 g/mol. The number of nitrogens with zero attached hydrogens (tertiary/aromatic N) is 1. The molecule has 0 spiro atoms. The second kappa shape index (κ2) is 5.77. The number of sulfonamides is 1. The monoisotopic (exact) mass is 279 g/mol. The van der Waals surface area contributed by atoms with Gasteiger partial charge in [0.25, 0.3) is 0 Å². The standard InChI is InChI=1S/C12H13N3O3S/c16-12-4-3-11(9-14-12)19(17,18)15-7-5-10-2-1-6-13-8-10/h1-4,6,8-9,15H,5,7H2,(H,14,16). The molecule has 2 aromatic heterocycles. The molecule has 6 nitrogen and oxygen atoms in total. The van der Waals surface area contributed by atoms with E-state index in [-0.39, 0.29) is 17.0 Å². The molecule has 0 atom stereocenters. The van der Waals surface area contributed by atoms with Gasteiger partial charge in [-0.3, -0.25) is 9.78 Å². The predicted octanol–water partition coefficient (Wildman–Crippen LogP) is 0.291. The van der Waals surface area contributed by atoms with Gasteiger partial charge in [0.2, 0.25) is 15.6 Å². The molecule has 0 fully saturated rings. The van der Waals surface area contributed by atoms with E-state index in [0.717, 1.165) is 5.56 Å². The third-order valence-corrected chi connectivity index (χ3v) is 3.95. The van der Waals surface area contributed by atoms with E-state index in [1.165, 1.54) is 18.3 Å². The molecule has 2 heterocycles. The first-order chi connectivity index (χ1) is 9.08. The molecule has 19 heavy (non-hydrogen) atoms. The molecular formula is C12H13N3O3S.